The van der Waals surface area contributed by atoms with Crippen molar-refractivity contribution in [1.29, 1.82) is 0 Å². The number of nitrogens with zero attached hydrogens (tertiary/aromatic N) is 4. The molecule has 2 heterocycles. The smallest absolute Gasteiger partial charge is 0.247 e. The Labute approximate surface area is 164 Å². The second-order valence-electron chi connectivity index (χ2n) is 6.35. The molecule has 1 N–H and O–H groups in total. The van der Waals surface area contributed by atoms with Crippen molar-refractivity contribution < 1.29 is 4.79 Å². The number of amides is 1. The molecule has 6 nitrogen and oxygen atoms in total. The Balaban J connectivity index is 1.44. The topological polar surface area (TPSA) is 64.7 Å². The van der Waals surface area contributed by atoms with Crippen molar-refractivity contribution in [3.05, 3.63) is 76.7 Å². The SMILES string of the molecule is Cc1nn(CC(=O)Nc2ccn(Cc3cccc4ccccc34)n2)cc1Br. The number of hydrogen-bond acceptors (Lipinski definition) is 3. The maximum atomic E-state index is 12.2. The molecule has 27 heavy (non-hydrogen) atoms. The molecule has 4 aromatic rings. The molecule has 0 bridgehead atoms. The van der Waals surface area contributed by atoms with Gasteiger partial charge in [-0.2, -0.15) is 10.2 Å². The summed E-state index contributed by atoms with van der Waals surface area (Å²) >= 11 is 3.39. The Morgan fingerprint density at radius 3 is 2.70 bits per heavy atom. The third-order valence-corrected chi connectivity index (χ3v) is 5.09. The summed E-state index contributed by atoms with van der Waals surface area (Å²) in [6.45, 7) is 2.67. The van der Waals surface area contributed by atoms with E-state index >= 15 is 0 Å². The molecule has 0 aliphatic rings. The fourth-order valence-electron chi connectivity index (χ4n) is 3.03. The van der Waals surface area contributed by atoms with E-state index in [2.05, 4.69) is 55.7 Å². The molecular weight excluding hydrogens is 406 g/mol. The van der Waals surface area contributed by atoms with Crippen molar-refractivity contribution in [2.75, 3.05) is 5.32 Å². The van der Waals surface area contributed by atoms with Gasteiger partial charge in [-0.15, -0.1) is 0 Å². The monoisotopic (exact) mass is 423 g/mol. The van der Waals surface area contributed by atoms with Crippen molar-refractivity contribution in [2.45, 2.75) is 20.0 Å². The Bertz CT molecular complexity index is 1090. The van der Waals surface area contributed by atoms with Crippen LogP contribution in [0.15, 0.2) is 65.4 Å². The molecule has 7 heteroatoms. The molecule has 1 amide bonds. The van der Waals surface area contributed by atoms with E-state index in [-0.39, 0.29) is 12.5 Å². The lowest BCUT2D eigenvalue weighted by molar-refractivity contribution is -0.116. The summed E-state index contributed by atoms with van der Waals surface area (Å²) in [6.07, 6.45) is 3.65. The first kappa shape index (κ1) is 17.5. The van der Waals surface area contributed by atoms with Gasteiger partial charge in [-0.25, -0.2) is 0 Å². The van der Waals surface area contributed by atoms with Crippen LogP contribution in [0.1, 0.15) is 11.3 Å². The van der Waals surface area contributed by atoms with Gasteiger partial charge in [0.1, 0.15) is 6.54 Å². The second-order valence-corrected chi connectivity index (χ2v) is 7.20. The molecule has 0 fully saturated rings. The molecule has 2 aromatic heterocycles. The van der Waals surface area contributed by atoms with Gasteiger partial charge in [-0.1, -0.05) is 42.5 Å². The average Bonchev–Trinajstić information content (AvgIpc) is 3.21. The Hall–Kier alpha value is -2.93. The summed E-state index contributed by atoms with van der Waals surface area (Å²) in [5.74, 6) is 0.364. The third kappa shape index (κ3) is 3.93. The number of rotatable bonds is 5. The molecule has 0 atom stereocenters. The van der Waals surface area contributed by atoms with Gasteiger partial charge in [-0.3, -0.25) is 14.2 Å². The molecule has 0 aliphatic carbocycles. The minimum absolute atomic E-state index is 0.141. The van der Waals surface area contributed by atoms with Gasteiger partial charge in [0.15, 0.2) is 5.82 Å². The molecule has 0 saturated heterocycles. The van der Waals surface area contributed by atoms with Crippen molar-refractivity contribution in [3.8, 4) is 0 Å². The zero-order chi connectivity index (χ0) is 18.8. The quantitative estimate of drug-likeness (QED) is 0.527. The van der Waals surface area contributed by atoms with Gasteiger partial charge in [0.25, 0.3) is 0 Å². The van der Waals surface area contributed by atoms with Crippen LogP contribution in [0.5, 0.6) is 0 Å². The summed E-state index contributed by atoms with van der Waals surface area (Å²) < 4.78 is 4.31. The van der Waals surface area contributed by atoms with E-state index in [0.29, 0.717) is 12.4 Å². The summed E-state index contributed by atoms with van der Waals surface area (Å²) in [4.78, 5) is 12.2. The van der Waals surface area contributed by atoms with Gasteiger partial charge < -0.3 is 5.32 Å². The number of carbonyl (C=O) groups excluding carboxylic acids is 1. The fraction of sp³-hybridized carbons (Fsp3) is 0.150. The molecule has 0 saturated carbocycles. The highest BCUT2D eigenvalue weighted by atomic mass is 79.9. The minimum atomic E-state index is -0.166. The summed E-state index contributed by atoms with van der Waals surface area (Å²) in [6, 6.07) is 16.3. The number of halogens is 1. The predicted molar refractivity (Wildman–Crippen MR) is 109 cm³/mol. The van der Waals surface area contributed by atoms with Crippen LogP contribution < -0.4 is 5.32 Å². The van der Waals surface area contributed by atoms with E-state index in [1.807, 2.05) is 36.0 Å². The van der Waals surface area contributed by atoms with E-state index < -0.39 is 0 Å². The van der Waals surface area contributed by atoms with Gasteiger partial charge in [0, 0.05) is 18.5 Å². The summed E-state index contributed by atoms with van der Waals surface area (Å²) in [5, 5.41) is 14.0. The standard InChI is InChI=1S/C20H18BrN5O/c1-14-18(21)12-26(23-14)13-20(27)22-19-9-10-25(24-19)11-16-7-4-6-15-5-2-3-8-17(15)16/h2-10,12H,11,13H2,1H3,(H,22,24,27). The van der Waals surface area contributed by atoms with E-state index in [9.17, 15) is 4.79 Å². The minimum Gasteiger partial charge on any atom is -0.308 e. The molecule has 0 aliphatic heterocycles. The molecule has 2 aromatic carbocycles. The van der Waals surface area contributed by atoms with Crippen LogP contribution in [-0.2, 0) is 17.9 Å². The molecule has 4 rings (SSSR count). The Kier molecular flexibility index (Phi) is 4.77. The highest BCUT2D eigenvalue weighted by Crippen LogP contribution is 2.19. The highest BCUT2D eigenvalue weighted by Gasteiger charge is 2.09. The number of aryl methyl sites for hydroxylation is 1. The van der Waals surface area contributed by atoms with Crippen molar-refractivity contribution in [1.82, 2.24) is 19.6 Å². The van der Waals surface area contributed by atoms with Crippen molar-refractivity contribution in [3.63, 3.8) is 0 Å². The van der Waals surface area contributed by atoms with Gasteiger partial charge >= 0.3 is 0 Å². The number of fused-ring (bicyclic) bond motifs is 1. The van der Waals surface area contributed by atoms with Crippen LogP contribution in [0.3, 0.4) is 0 Å². The first-order chi connectivity index (χ1) is 13.1. The van der Waals surface area contributed by atoms with Gasteiger partial charge in [-0.05, 0) is 39.2 Å². The number of hydrogen-bond donors (Lipinski definition) is 1. The number of anilines is 1. The van der Waals surface area contributed by atoms with Crippen LogP contribution in [0, 0.1) is 6.92 Å². The number of nitrogens with one attached hydrogen (secondary N) is 1. The van der Waals surface area contributed by atoms with Crippen LogP contribution in [0.2, 0.25) is 0 Å². The number of aromatic nitrogens is 4. The van der Waals surface area contributed by atoms with E-state index in [1.54, 1.807) is 16.9 Å². The van der Waals surface area contributed by atoms with E-state index in [4.69, 9.17) is 0 Å². The lowest BCUT2D eigenvalue weighted by Crippen LogP contribution is -2.19. The molecule has 0 spiro atoms. The van der Waals surface area contributed by atoms with E-state index in [0.717, 1.165) is 10.2 Å². The van der Waals surface area contributed by atoms with Gasteiger partial charge in [0.05, 0.1) is 16.7 Å². The van der Waals surface area contributed by atoms with Crippen LogP contribution in [0.4, 0.5) is 5.82 Å². The van der Waals surface area contributed by atoms with Gasteiger partial charge in [0.2, 0.25) is 5.91 Å². The largest absolute Gasteiger partial charge is 0.308 e. The van der Waals surface area contributed by atoms with Crippen LogP contribution in [0.25, 0.3) is 10.8 Å². The first-order valence-electron chi connectivity index (χ1n) is 8.58. The number of benzene rings is 2. The third-order valence-electron chi connectivity index (χ3n) is 4.31. The Morgan fingerprint density at radius 1 is 1.07 bits per heavy atom. The van der Waals surface area contributed by atoms with Crippen molar-refractivity contribution in [2.24, 2.45) is 0 Å². The Morgan fingerprint density at radius 2 is 1.89 bits per heavy atom. The van der Waals surface area contributed by atoms with Crippen molar-refractivity contribution >= 4 is 38.4 Å². The maximum absolute atomic E-state index is 12.2. The second kappa shape index (κ2) is 7.36. The maximum Gasteiger partial charge on any atom is 0.247 e. The normalized spacial score (nSPS) is 11.0. The summed E-state index contributed by atoms with van der Waals surface area (Å²) in [5.41, 5.74) is 2.04. The number of carbonyl (C=O) groups is 1. The van der Waals surface area contributed by atoms with Crippen LogP contribution >= 0.6 is 15.9 Å². The van der Waals surface area contributed by atoms with Crippen LogP contribution in [-0.4, -0.2) is 25.5 Å². The molecular formula is C20H18BrN5O. The fourth-order valence-corrected chi connectivity index (χ4v) is 3.34. The lowest BCUT2D eigenvalue weighted by atomic mass is 10.0. The molecule has 0 unspecified atom stereocenters. The molecule has 136 valence electrons. The zero-order valence-electron chi connectivity index (χ0n) is 14.8. The average molecular weight is 424 g/mol. The first-order valence-corrected chi connectivity index (χ1v) is 9.37. The van der Waals surface area contributed by atoms with E-state index in [1.165, 1.54) is 16.3 Å². The highest BCUT2D eigenvalue weighted by molar-refractivity contribution is 9.10. The summed E-state index contributed by atoms with van der Waals surface area (Å²) in [7, 11) is 0. The predicted octanol–water partition coefficient (Wildman–Crippen LogP) is 3.99. The lowest BCUT2D eigenvalue weighted by Gasteiger charge is -2.07. The molecule has 0 radical (unpaired) electrons. The zero-order valence-corrected chi connectivity index (χ0v) is 16.3.